The molecule has 0 unspecified atom stereocenters. The Labute approximate surface area is 119 Å². The number of nitrogens with zero attached hydrogens (tertiary/aromatic N) is 3. The fourth-order valence-corrected chi connectivity index (χ4v) is 2.35. The van der Waals surface area contributed by atoms with Gasteiger partial charge in [-0.3, -0.25) is 0 Å². The predicted octanol–water partition coefficient (Wildman–Crippen LogP) is 1.94. The number of hydrogen-bond donors (Lipinski definition) is 2. The fourth-order valence-electron chi connectivity index (χ4n) is 2.35. The molecule has 1 saturated heterocycles. The van der Waals surface area contributed by atoms with Gasteiger partial charge in [-0.15, -0.1) is 0 Å². The normalized spacial score (nSPS) is 15.2. The summed E-state index contributed by atoms with van der Waals surface area (Å²) in [6, 6.07) is 10.3. The van der Waals surface area contributed by atoms with E-state index < -0.39 is 0 Å². The summed E-state index contributed by atoms with van der Waals surface area (Å²) in [7, 11) is 0. The van der Waals surface area contributed by atoms with E-state index in [0.717, 1.165) is 43.5 Å². The van der Waals surface area contributed by atoms with Crippen molar-refractivity contribution < 1.29 is 0 Å². The zero-order valence-corrected chi connectivity index (χ0v) is 11.6. The molecule has 0 atom stereocenters. The van der Waals surface area contributed by atoms with E-state index in [2.05, 4.69) is 44.6 Å². The van der Waals surface area contributed by atoms with Gasteiger partial charge in [0, 0.05) is 37.9 Å². The van der Waals surface area contributed by atoms with Gasteiger partial charge in [0.2, 0.25) is 0 Å². The first kappa shape index (κ1) is 12.9. The lowest BCUT2D eigenvalue weighted by atomic mass is 10.2. The van der Waals surface area contributed by atoms with Crippen molar-refractivity contribution in [3.05, 3.63) is 42.2 Å². The topological polar surface area (TPSA) is 53.1 Å². The van der Waals surface area contributed by atoms with Gasteiger partial charge in [0.05, 0.1) is 0 Å². The second-order valence-corrected chi connectivity index (χ2v) is 4.99. The molecular formula is C15H19N5. The van der Waals surface area contributed by atoms with E-state index in [9.17, 15) is 0 Å². The van der Waals surface area contributed by atoms with Crippen LogP contribution in [0.4, 0.5) is 17.3 Å². The second kappa shape index (κ2) is 5.88. The molecule has 104 valence electrons. The number of piperazine rings is 1. The van der Waals surface area contributed by atoms with Crippen LogP contribution in [-0.4, -0.2) is 36.1 Å². The lowest BCUT2D eigenvalue weighted by molar-refractivity contribution is 0.584. The number of rotatable bonds is 3. The molecule has 1 aromatic heterocycles. The summed E-state index contributed by atoms with van der Waals surface area (Å²) in [5.41, 5.74) is 2.28. The molecule has 3 rings (SSSR count). The summed E-state index contributed by atoms with van der Waals surface area (Å²) >= 11 is 0. The van der Waals surface area contributed by atoms with Gasteiger partial charge in [-0.25, -0.2) is 9.97 Å². The van der Waals surface area contributed by atoms with Gasteiger partial charge in [-0.1, -0.05) is 12.1 Å². The summed E-state index contributed by atoms with van der Waals surface area (Å²) in [5.74, 6) is 1.82. The molecule has 0 bridgehead atoms. The Balaban J connectivity index is 1.77. The average molecular weight is 269 g/mol. The second-order valence-electron chi connectivity index (χ2n) is 4.99. The van der Waals surface area contributed by atoms with Gasteiger partial charge in [-0.2, -0.15) is 0 Å². The zero-order chi connectivity index (χ0) is 13.8. The van der Waals surface area contributed by atoms with Crippen LogP contribution in [-0.2, 0) is 0 Å². The maximum absolute atomic E-state index is 4.37. The van der Waals surface area contributed by atoms with Crippen molar-refractivity contribution in [3.63, 3.8) is 0 Å². The van der Waals surface area contributed by atoms with Crippen LogP contribution in [0.5, 0.6) is 0 Å². The molecule has 0 saturated carbocycles. The van der Waals surface area contributed by atoms with Gasteiger partial charge < -0.3 is 15.5 Å². The van der Waals surface area contributed by atoms with Crippen LogP contribution in [0, 0.1) is 6.92 Å². The molecule has 0 amide bonds. The molecule has 1 fully saturated rings. The average Bonchev–Trinajstić information content (AvgIpc) is 2.48. The fraction of sp³-hybridized carbons (Fsp3) is 0.333. The van der Waals surface area contributed by atoms with Gasteiger partial charge in [-0.05, 0) is 24.6 Å². The van der Waals surface area contributed by atoms with Crippen LogP contribution in [0.15, 0.2) is 36.7 Å². The molecular weight excluding hydrogens is 250 g/mol. The third-order valence-electron chi connectivity index (χ3n) is 3.38. The third kappa shape index (κ3) is 3.05. The van der Waals surface area contributed by atoms with Crippen LogP contribution in [0.1, 0.15) is 5.56 Å². The number of nitrogens with one attached hydrogen (secondary N) is 2. The van der Waals surface area contributed by atoms with Crippen molar-refractivity contribution in [2.24, 2.45) is 0 Å². The minimum atomic E-state index is 0.833. The van der Waals surface area contributed by atoms with Gasteiger partial charge in [0.15, 0.2) is 0 Å². The standard InChI is InChI=1S/C15H19N5/c1-12-3-2-4-13(9-12)19-14-10-15(18-11-17-14)20-7-5-16-6-8-20/h2-4,9-11,16H,5-8H2,1H3,(H,17,18,19). The zero-order valence-electron chi connectivity index (χ0n) is 11.6. The van der Waals surface area contributed by atoms with Crippen LogP contribution < -0.4 is 15.5 Å². The summed E-state index contributed by atoms with van der Waals surface area (Å²) < 4.78 is 0. The smallest absolute Gasteiger partial charge is 0.135 e. The third-order valence-corrected chi connectivity index (χ3v) is 3.38. The number of hydrogen-bond acceptors (Lipinski definition) is 5. The SMILES string of the molecule is Cc1cccc(Nc2cc(N3CCNCC3)ncn2)c1. The quantitative estimate of drug-likeness (QED) is 0.892. The minimum absolute atomic E-state index is 0.833. The molecule has 1 aliphatic rings. The number of aromatic nitrogens is 2. The molecule has 1 aliphatic heterocycles. The molecule has 2 heterocycles. The summed E-state index contributed by atoms with van der Waals surface area (Å²) in [6.07, 6.45) is 1.62. The molecule has 0 radical (unpaired) electrons. The van der Waals surface area contributed by atoms with Crippen molar-refractivity contribution >= 4 is 17.3 Å². The van der Waals surface area contributed by atoms with Gasteiger partial charge >= 0.3 is 0 Å². The first-order valence-corrected chi connectivity index (χ1v) is 6.93. The monoisotopic (exact) mass is 269 g/mol. The lowest BCUT2D eigenvalue weighted by Gasteiger charge is -2.28. The summed E-state index contributed by atoms with van der Waals surface area (Å²) in [4.78, 5) is 10.9. The van der Waals surface area contributed by atoms with Crippen LogP contribution in [0.25, 0.3) is 0 Å². The van der Waals surface area contributed by atoms with E-state index in [1.54, 1.807) is 6.33 Å². The summed E-state index contributed by atoms with van der Waals surface area (Å²) in [5, 5.41) is 6.68. The Kier molecular flexibility index (Phi) is 3.78. The molecule has 2 aromatic rings. The highest BCUT2D eigenvalue weighted by Gasteiger charge is 2.12. The molecule has 0 spiro atoms. The van der Waals surface area contributed by atoms with Gasteiger partial charge in [0.1, 0.15) is 18.0 Å². The highest BCUT2D eigenvalue weighted by molar-refractivity contribution is 5.59. The number of anilines is 3. The lowest BCUT2D eigenvalue weighted by Crippen LogP contribution is -2.43. The van der Waals surface area contributed by atoms with Crippen molar-refractivity contribution in [1.29, 1.82) is 0 Å². The Morgan fingerprint density at radius 1 is 1.15 bits per heavy atom. The van der Waals surface area contributed by atoms with E-state index in [-0.39, 0.29) is 0 Å². The van der Waals surface area contributed by atoms with Crippen LogP contribution in [0.3, 0.4) is 0 Å². The predicted molar refractivity (Wildman–Crippen MR) is 81.6 cm³/mol. The molecule has 5 nitrogen and oxygen atoms in total. The maximum atomic E-state index is 4.37. The highest BCUT2D eigenvalue weighted by atomic mass is 15.2. The first-order valence-electron chi connectivity index (χ1n) is 6.93. The Morgan fingerprint density at radius 2 is 2.00 bits per heavy atom. The highest BCUT2D eigenvalue weighted by Crippen LogP contribution is 2.19. The van der Waals surface area contributed by atoms with Crippen LogP contribution in [0.2, 0.25) is 0 Å². The molecule has 20 heavy (non-hydrogen) atoms. The van der Waals surface area contributed by atoms with Crippen LogP contribution >= 0.6 is 0 Å². The molecule has 5 heteroatoms. The minimum Gasteiger partial charge on any atom is -0.354 e. The Morgan fingerprint density at radius 3 is 2.80 bits per heavy atom. The van der Waals surface area contributed by atoms with Crippen molar-refractivity contribution in [1.82, 2.24) is 15.3 Å². The maximum Gasteiger partial charge on any atom is 0.135 e. The summed E-state index contributed by atoms with van der Waals surface area (Å²) in [6.45, 7) is 6.06. The Bertz CT molecular complexity index is 578. The van der Waals surface area contributed by atoms with Crippen molar-refractivity contribution in [2.45, 2.75) is 6.92 Å². The number of benzene rings is 1. The Hall–Kier alpha value is -2.14. The van der Waals surface area contributed by atoms with Crippen molar-refractivity contribution in [3.8, 4) is 0 Å². The van der Waals surface area contributed by atoms with Gasteiger partial charge in [0.25, 0.3) is 0 Å². The van der Waals surface area contributed by atoms with E-state index >= 15 is 0 Å². The van der Waals surface area contributed by atoms with E-state index in [4.69, 9.17) is 0 Å². The number of aryl methyl sites for hydroxylation is 1. The molecule has 0 aliphatic carbocycles. The molecule has 1 aromatic carbocycles. The van der Waals surface area contributed by atoms with E-state index in [1.807, 2.05) is 18.2 Å². The molecule has 2 N–H and O–H groups in total. The van der Waals surface area contributed by atoms with Crippen molar-refractivity contribution in [2.75, 3.05) is 36.4 Å². The van der Waals surface area contributed by atoms with E-state index in [0.29, 0.717) is 0 Å². The largest absolute Gasteiger partial charge is 0.354 e. The first-order chi connectivity index (χ1) is 9.81. The van der Waals surface area contributed by atoms with E-state index in [1.165, 1.54) is 5.56 Å².